The summed E-state index contributed by atoms with van der Waals surface area (Å²) in [4.78, 5) is 0. The smallest absolute Gasteiger partial charge is 0.325 e. The van der Waals surface area contributed by atoms with Crippen molar-refractivity contribution in [1.82, 2.24) is 0 Å². The quantitative estimate of drug-likeness (QED) is 0.673. The van der Waals surface area contributed by atoms with Gasteiger partial charge in [-0.05, 0) is 27.2 Å². The summed E-state index contributed by atoms with van der Waals surface area (Å²) in [6, 6.07) is 0. The molecule has 0 aliphatic rings. The van der Waals surface area contributed by atoms with Gasteiger partial charge >= 0.3 is 7.60 Å². The molecule has 5 heteroatoms. The predicted octanol–water partition coefficient (Wildman–Crippen LogP) is 2.38. The molecule has 4 nitrogen and oxygen atoms in total. The van der Waals surface area contributed by atoms with E-state index < -0.39 is 13.1 Å². The summed E-state index contributed by atoms with van der Waals surface area (Å²) >= 11 is 0. The van der Waals surface area contributed by atoms with Crippen molar-refractivity contribution in [2.24, 2.45) is 5.73 Å². The Kier molecular flexibility index (Phi) is 5.91. The monoisotopic (exact) mass is 223 g/mol. The van der Waals surface area contributed by atoms with Crippen molar-refractivity contribution in [2.45, 2.75) is 39.7 Å². The fourth-order valence-corrected chi connectivity index (χ4v) is 3.23. The Labute approximate surface area is 86.7 Å². The highest BCUT2D eigenvalue weighted by Crippen LogP contribution is 2.50. The zero-order valence-corrected chi connectivity index (χ0v) is 10.5. The molecule has 0 saturated heterocycles. The molecule has 0 bridgehead atoms. The predicted molar refractivity (Wildman–Crippen MR) is 58.6 cm³/mol. The maximum Gasteiger partial charge on any atom is 0.332 e. The van der Waals surface area contributed by atoms with Crippen LogP contribution < -0.4 is 5.73 Å². The van der Waals surface area contributed by atoms with Gasteiger partial charge in [0.2, 0.25) is 0 Å². The van der Waals surface area contributed by atoms with E-state index >= 15 is 0 Å². The molecule has 0 rings (SSSR count). The molecule has 1 unspecified atom stereocenters. The summed E-state index contributed by atoms with van der Waals surface area (Å²) < 4.78 is 22.4. The van der Waals surface area contributed by atoms with Gasteiger partial charge in [-0.1, -0.05) is 6.92 Å². The van der Waals surface area contributed by atoms with Gasteiger partial charge < -0.3 is 14.8 Å². The average Bonchev–Trinajstić information content (AvgIpc) is 2.03. The Morgan fingerprint density at radius 1 is 1.21 bits per heavy atom. The highest BCUT2D eigenvalue weighted by molar-refractivity contribution is 7.53. The summed E-state index contributed by atoms with van der Waals surface area (Å²) in [6.45, 7) is 8.19. The zero-order valence-electron chi connectivity index (χ0n) is 9.58. The van der Waals surface area contributed by atoms with Crippen LogP contribution in [0.4, 0.5) is 0 Å². The summed E-state index contributed by atoms with van der Waals surface area (Å²) in [7, 11) is -2.98. The van der Waals surface area contributed by atoms with Crippen molar-refractivity contribution >= 4 is 7.60 Å². The van der Waals surface area contributed by atoms with E-state index in [1.807, 2.05) is 13.8 Å². The highest BCUT2D eigenvalue weighted by Gasteiger charge is 2.32. The Balaban J connectivity index is 4.43. The summed E-state index contributed by atoms with van der Waals surface area (Å²) in [5.74, 6) is 0. The largest absolute Gasteiger partial charge is 0.332 e. The van der Waals surface area contributed by atoms with E-state index in [1.165, 1.54) is 0 Å². The lowest BCUT2D eigenvalue weighted by atomic mass is 10.0. The standard InChI is InChI=1S/C9H22NO3P/c1-5-9(4,10)8-14(11,12-6-2)13-7-3/h5-8,10H2,1-4H3. The lowest BCUT2D eigenvalue weighted by Crippen LogP contribution is -2.39. The number of nitrogens with two attached hydrogens (primary N) is 1. The molecule has 0 amide bonds. The maximum absolute atomic E-state index is 12.1. The van der Waals surface area contributed by atoms with Crippen molar-refractivity contribution in [3.8, 4) is 0 Å². The fraction of sp³-hybridized carbons (Fsp3) is 1.00. The van der Waals surface area contributed by atoms with Gasteiger partial charge in [0.1, 0.15) is 0 Å². The second-order valence-electron chi connectivity index (χ2n) is 3.61. The molecule has 0 aliphatic carbocycles. The topological polar surface area (TPSA) is 61.5 Å². The maximum atomic E-state index is 12.1. The lowest BCUT2D eigenvalue weighted by molar-refractivity contribution is 0.214. The lowest BCUT2D eigenvalue weighted by Gasteiger charge is -2.27. The van der Waals surface area contributed by atoms with Crippen LogP contribution in [0.5, 0.6) is 0 Å². The molecule has 0 spiro atoms. The van der Waals surface area contributed by atoms with Crippen LogP contribution in [0.25, 0.3) is 0 Å². The fourth-order valence-electron chi connectivity index (χ4n) is 1.08. The van der Waals surface area contributed by atoms with Crippen LogP contribution in [0.2, 0.25) is 0 Å². The van der Waals surface area contributed by atoms with E-state index in [-0.39, 0.29) is 6.16 Å². The highest BCUT2D eigenvalue weighted by atomic mass is 31.2. The molecule has 14 heavy (non-hydrogen) atoms. The minimum atomic E-state index is -2.98. The molecule has 0 aromatic heterocycles. The molecular weight excluding hydrogens is 201 g/mol. The molecule has 0 fully saturated rings. The van der Waals surface area contributed by atoms with Gasteiger partial charge in [0, 0.05) is 5.54 Å². The van der Waals surface area contributed by atoms with E-state index in [0.29, 0.717) is 13.2 Å². The zero-order chi connectivity index (χ0) is 11.2. The molecule has 0 radical (unpaired) electrons. The van der Waals surface area contributed by atoms with Crippen molar-refractivity contribution in [2.75, 3.05) is 19.4 Å². The molecule has 2 N–H and O–H groups in total. The third-order valence-electron chi connectivity index (χ3n) is 2.01. The second-order valence-corrected chi connectivity index (χ2v) is 5.67. The van der Waals surface area contributed by atoms with Crippen molar-refractivity contribution in [3.05, 3.63) is 0 Å². The number of hydrogen-bond donors (Lipinski definition) is 1. The molecule has 1 atom stereocenters. The molecule has 0 aromatic rings. The molecular formula is C9H22NO3P. The first-order valence-electron chi connectivity index (χ1n) is 5.06. The minimum Gasteiger partial charge on any atom is -0.325 e. The van der Waals surface area contributed by atoms with Crippen LogP contribution in [-0.4, -0.2) is 24.9 Å². The number of rotatable bonds is 7. The van der Waals surface area contributed by atoms with Gasteiger partial charge in [0.25, 0.3) is 0 Å². The van der Waals surface area contributed by atoms with Crippen molar-refractivity contribution in [3.63, 3.8) is 0 Å². The minimum absolute atomic E-state index is 0.276. The van der Waals surface area contributed by atoms with Crippen LogP contribution in [0, 0.1) is 0 Å². The van der Waals surface area contributed by atoms with Gasteiger partial charge in [-0.2, -0.15) is 0 Å². The van der Waals surface area contributed by atoms with Crippen LogP contribution in [-0.2, 0) is 13.6 Å². The van der Waals surface area contributed by atoms with Gasteiger partial charge in [0.15, 0.2) is 0 Å². The van der Waals surface area contributed by atoms with Gasteiger partial charge in [-0.3, -0.25) is 4.57 Å². The van der Waals surface area contributed by atoms with Crippen LogP contribution in [0.1, 0.15) is 34.1 Å². The SMILES string of the molecule is CCOP(=O)(CC(C)(N)CC)OCC. The van der Waals surface area contributed by atoms with Crippen LogP contribution >= 0.6 is 7.60 Å². The molecule has 0 aromatic carbocycles. The Hall–Kier alpha value is 0.110. The molecule has 86 valence electrons. The van der Waals surface area contributed by atoms with E-state index in [9.17, 15) is 4.57 Å². The second kappa shape index (κ2) is 5.86. The summed E-state index contributed by atoms with van der Waals surface area (Å²) in [6.07, 6.45) is 1.02. The van der Waals surface area contributed by atoms with Crippen LogP contribution in [0.15, 0.2) is 0 Å². The number of hydrogen-bond acceptors (Lipinski definition) is 4. The van der Waals surface area contributed by atoms with Crippen molar-refractivity contribution < 1.29 is 13.6 Å². The van der Waals surface area contributed by atoms with E-state index in [2.05, 4.69) is 0 Å². The van der Waals surface area contributed by atoms with E-state index in [1.54, 1.807) is 13.8 Å². The average molecular weight is 223 g/mol. The van der Waals surface area contributed by atoms with E-state index in [0.717, 1.165) is 6.42 Å². The first-order valence-corrected chi connectivity index (χ1v) is 6.79. The Bertz CT molecular complexity index is 196. The third-order valence-corrected chi connectivity index (χ3v) is 4.43. The van der Waals surface area contributed by atoms with Gasteiger partial charge in [0.05, 0.1) is 19.4 Å². The molecule has 0 saturated carbocycles. The molecule has 0 heterocycles. The molecule has 0 aliphatic heterocycles. The van der Waals surface area contributed by atoms with Gasteiger partial charge in [-0.15, -0.1) is 0 Å². The first kappa shape index (κ1) is 14.1. The first-order chi connectivity index (χ1) is 6.39. The third kappa shape index (κ3) is 5.11. The van der Waals surface area contributed by atoms with Crippen molar-refractivity contribution in [1.29, 1.82) is 0 Å². The normalized spacial score (nSPS) is 16.6. The summed E-state index contributed by atoms with van der Waals surface area (Å²) in [5.41, 5.74) is 5.44. The van der Waals surface area contributed by atoms with Crippen LogP contribution in [0.3, 0.4) is 0 Å². The summed E-state index contributed by atoms with van der Waals surface area (Å²) in [5, 5.41) is 0. The van der Waals surface area contributed by atoms with E-state index in [4.69, 9.17) is 14.8 Å². The Morgan fingerprint density at radius 3 is 1.93 bits per heavy atom. The van der Waals surface area contributed by atoms with Gasteiger partial charge in [-0.25, -0.2) is 0 Å². The Morgan fingerprint density at radius 2 is 1.64 bits per heavy atom.